The molecule has 88 valence electrons. The average Bonchev–Trinajstić information content (AvgIpc) is 3.13. The van der Waals surface area contributed by atoms with E-state index in [0.717, 1.165) is 11.7 Å². The van der Waals surface area contributed by atoms with E-state index in [1.54, 1.807) is 7.11 Å². The second-order valence-electron chi connectivity index (χ2n) is 4.79. The van der Waals surface area contributed by atoms with Gasteiger partial charge in [0.1, 0.15) is 5.75 Å². The van der Waals surface area contributed by atoms with Gasteiger partial charge < -0.3 is 10.1 Å². The van der Waals surface area contributed by atoms with Crippen LogP contribution in [0.5, 0.6) is 5.75 Å². The Morgan fingerprint density at radius 2 is 2.06 bits per heavy atom. The third-order valence-electron chi connectivity index (χ3n) is 3.44. The van der Waals surface area contributed by atoms with Crippen molar-refractivity contribution in [1.82, 2.24) is 5.32 Å². The second kappa shape index (κ2) is 4.88. The maximum absolute atomic E-state index is 5.24. The number of methoxy groups -OCH3 is 1. The molecule has 1 aromatic carbocycles. The molecule has 1 saturated carbocycles. The Morgan fingerprint density at radius 1 is 1.31 bits per heavy atom. The van der Waals surface area contributed by atoms with Gasteiger partial charge in [0, 0.05) is 12.1 Å². The highest BCUT2D eigenvalue weighted by Gasteiger charge is 2.28. The van der Waals surface area contributed by atoms with Crippen molar-refractivity contribution in [3.8, 4) is 5.75 Å². The Hall–Kier alpha value is -1.02. The van der Waals surface area contributed by atoms with Crippen molar-refractivity contribution in [3.63, 3.8) is 0 Å². The predicted molar refractivity (Wildman–Crippen MR) is 66.7 cm³/mol. The third-order valence-corrected chi connectivity index (χ3v) is 3.44. The van der Waals surface area contributed by atoms with E-state index in [0.29, 0.717) is 12.1 Å². The summed E-state index contributed by atoms with van der Waals surface area (Å²) in [7, 11) is 1.71. The molecule has 0 radical (unpaired) electrons. The van der Waals surface area contributed by atoms with Gasteiger partial charge in [0.15, 0.2) is 0 Å². The zero-order valence-corrected chi connectivity index (χ0v) is 10.4. The predicted octanol–water partition coefficient (Wildman–Crippen LogP) is 3.14. The Morgan fingerprint density at radius 3 is 2.69 bits per heavy atom. The molecule has 0 heterocycles. The molecule has 1 N–H and O–H groups in total. The van der Waals surface area contributed by atoms with Gasteiger partial charge in [-0.05, 0) is 50.3 Å². The fraction of sp³-hybridized carbons (Fsp3) is 0.571. The molecule has 0 aliphatic heterocycles. The normalized spacial score (nSPS) is 19.2. The smallest absolute Gasteiger partial charge is 0.119 e. The summed E-state index contributed by atoms with van der Waals surface area (Å²) in [5.41, 5.74) is 1.30. The molecule has 1 fully saturated rings. The topological polar surface area (TPSA) is 21.3 Å². The monoisotopic (exact) mass is 219 g/mol. The molecule has 1 aliphatic rings. The standard InChI is InChI=1S/C14H21NO/c1-10(12-7-8-12)15-11(2)13-5-4-6-14(9-13)16-3/h4-6,9-12,15H,7-8H2,1-3H3/t10?,11-/m1/s1. The van der Waals surface area contributed by atoms with E-state index < -0.39 is 0 Å². The molecule has 16 heavy (non-hydrogen) atoms. The lowest BCUT2D eigenvalue weighted by atomic mass is 10.1. The number of ether oxygens (including phenoxy) is 1. The molecular formula is C14H21NO. The Balaban J connectivity index is 1.98. The molecule has 0 saturated heterocycles. The molecule has 0 aromatic heterocycles. The van der Waals surface area contributed by atoms with Crippen LogP contribution in [0.1, 0.15) is 38.3 Å². The minimum absolute atomic E-state index is 0.394. The molecule has 0 spiro atoms. The molecule has 2 atom stereocenters. The fourth-order valence-corrected chi connectivity index (χ4v) is 2.13. The van der Waals surface area contributed by atoms with E-state index in [1.165, 1.54) is 18.4 Å². The van der Waals surface area contributed by atoms with Crippen LogP contribution in [0.15, 0.2) is 24.3 Å². The molecule has 2 rings (SSSR count). The van der Waals surface area contributed by atoms with Crippen molar-refractivity contribution >= 4 is 0 Å². The van der Waals surface area contributed by atoms with Crippen molar-refractivity contribution in [2.24, 2.45) is 5.92 Å². The Kier molecular flexibility index (Phi) is 3.49. The van der Waals surface area contributed by atoms with Gasteiger partial charge in [0.05, 0.1) is 7.11 Å². The van der Waals surface area contributed by atoms with Gasteiger partial charge in [0.2, 0.25) is 0 Å². The number of rotatable bonds is 5. The summed E-state index contributed by atoms with van der Waals surface area (Å²) in [5.74, 6) is 1.83. The van der Waals surface area contributed by atoms with E-state index in [-0.39, 0.29) is 0 Å². The lowest BCUT2D eigenvalue weighted by Crippen LogP contribution is -2.30. The quantitative estimate of drug-likeness (QED) is 0.821. The third kappa shape index (κ3) is 2.76. The first-order valence-electron chi connectivity index (χ1n) is 6.10. The summed E-state index contributed by atoms with van der Waals surface area (Å²) in [5, 5.41) is 3.65. The van der Waals surface area contributed by atoms with Crippen LogP contribution in [0.3, 0.4) is 0 Å². The molecule has 0 bridgehead atoms. The van der Waals surface area contributed by atoms with E-state index in [9.17, 15) is 0 Å². The van der Waals surface area contributed by atoms with Crippen LogP contribution in [-0.2, 0) is 0 Å². The average molecular weight is 219 g/mol. The maximum Gasteiger partial charge on any atom is 0.119 e. The lowest BCUT2D eigenvalue weighted by Gasteiger charge is -2.20. The van der Waals surface area contributed by atoms with Crippen molar-refractivity contribution in [3.05, 3.63) is 29.8 Å². The number of nitrogens with one attached hydrogen (secondary N) is 1. The Bertz CT molecular complexity index is 346. The number of hydrogen-bond acceptors (Lipinski definition) is 2. The first-order valence-corrected chi connectivity index (χ1v) is 6.10. The molecule has 1 aromatic rings. The zero-order valence-electron chi connectivity index (χ0n) is 10.4. The van der Waals surface area contributed by atoms with Gasteiger partial charge in [-0.3, -0.25) is 0 Å². The molecule has 0 amide bonds. The molecule has 1 unspecified atom stereocenters. The second-order valence-corrected chi connectivity index (χ2v) is 4.79. The van der Waals surface area contributed by atoms with Crippen molar-refractivity contribution < 1.29 is 4.74 Å². The Labute approximate surface area is 98.0 Å². The van der Waals surface area contributed by atoms with Crippen LogP contribution in [-0.4, -0.2) is 13.2 Å². The van der Waals surface area contributed by atoms with Gasteiger partial charge in [0.25, 0.3) is 0 Å². The number of hydrogen-bond donors (Lipinski definition) is 1. The van der Waals surface area contributed by atoms with Gasteiger partial charge >= 0.3 is 0 Å². The van der Waals surface area contributed by atoms with Gasteiger partial charge in [-0.25, -0.2) is 0 Å². The van der Waals surface area contributed by atoms with E-state index in [1.807, 2.05) is 12.1 Å². The van der Waals surface area contributed by atoms with Crippen LogP contribution < -0.4 is 10.1 Å². The maximum atomic E-state index is 5.24. The first-order chi connectivity index (χ1) is 7.70. The van der Waals surface area contributed by atoms with Crippen LogP contribution in [0.2, 0.25) is 0 Å². The molecular weight excluding hydrogens is 198 g/mol. The van der Waals surface area contributed by atoms with Crippen LogP contribution >= 0.6 is 0 Å². The van der Waals surface area contributed by atoms with Crippen LogP contribution in [0.25, 0.3) is 0 Å². The highest BCUT2D eigenvalue weighted by Crippen LogP contribution is 2.33. The molecule has 2 nitrogen and oxygen atoms in total. The first kappa shape index (κ1) is 11.5. The summed E-state index contributed by atoms with van der Waals surface area (Å²) in [6.07, 6.45) is 2.78. The minimum Gasteiger partial charge on any atom is -0.497 e. The van der Waals surface area contributed by atoms with E-state index in [2.05, 4.69) is 31.3 Å². The van der Waals surface area contributed by atoms with Crippen LogP contribution in [0, 0.1) is 5.92 Å². The van der Waals surface area contributed by atoms with Gasteiger partial charge in [-0.1, -0.05) is 12.1 Å². The molecule has 1 aliphatic carbocycles. The number of benzene rings is 1. The zero-order chi connectivity index (χ0) is 11.5. The summed E-state index contributed by atoms with van der Waals surface area (Å²) in [6, 6.07) is 9.32. The fourth-order valence-electron chi connectivity index (χ4n) is 2.13. The van der Waals surface area contributed by atoms with Crippen molar-refractivity contribution in [1.29, 1.82) is 0 Å². The SMILES string of the molecule is COc1cccc([C@@H](C)NC(C)C2CC2)c1. The van der Waals surface area contributed by atoms with E-state index in [4.69, 9.17) is 4.74 Å². The highest BCUT2D eigenvalue weighted by molar-refractivity contribution is 5.30. The minimum atomic E-state index is 0.394. The van der Waals surface area contributed by atoms with Gasteiger partial charge in [-0.2, -0.15) is 0 Å². The van der Waals surface area contributed by atoms with Crippen molar-refractivity contribution in [2.75, 3.05) is 7.11 Å². The molecule has 2 heteroatoms. The van der Waals surface area contributed by atoms with E-state index >= 15 is 0 Å². The summed E-state index contributed by atoms with van der Waals surface area (Å²) in [4.78, 5) is 0. The van der Waals surface area contributed by atoms with Crippen molar-refractivity contribution in [2.45, 2.75) is 38.8 Å². The summed E-state index contributed by atoms with van der Waals surface area (Å²) < 4.78 is 5.24. The van der Waals surface area contributed by atoms with Gasteiger partial charge in [-0.15, -0.1) is 0 Å². The lowest BCUT2D eigenvalue weighted by molar-refractivity contribution is 0.410. The van der Waals surface area contributed by atoms with Crippen LogP contribution in [0.4, 0.5) is 0 Å². The summed E-state index contributed by atoms with van der Waals surface area (Å²) in [6.45, 7) is 4.50. The highest BCUT2D eigenvalue weighted by atomic mass is 16.5. The largest absolute Gasteiger partial charge is 0.497 e. The summed E-state index contributed by atoms with van der Waals surface area (Å²) >= 11 is 0.